The Bertz CT molecular complexity index is 674. The van der Waals surface area contributed by atoms with E-state index in [0.29, 0.717) is 11.1 Å². The minimum atomic E-state index is -1.18. The highest BCUT2D eigenvalue weighted by molar-refractivity contribution is 5.87. The molecule has 0 aliphatic rings. The van der Waals surface area contributed by atoms with Crippen LogP contribution in [0.15, 0.2) is 54.6 Å². The first-order valence-corrected chi connectivity index (χ1v) is 7.05. The van der Waals surface area contributed by atoms with Gasteiger partial charge in [0, 0.05) is 6.42 Å². The van der Waals surface area contributed by atoms with Crippen LogP contribution in [0.2, 0.25) is 0 Å². The Hall–Kier alpha value is -2.73. The molecular weight excluding hydrogens is 299 g/mol. The third-order valence-electron chi connectivity index (χ3n) is 3.41. The molecule has 0 heterocycles. The Morgan fingerprint density at radius 3 is 2.26 bits per heavy atom. The van der Waals surface area contributed by atoms with Gasteiger partial charge in [-0.05, 0) is 23.3 Å². The summed E-state index contributed by atoms with van der Waals surface area (Å²) in [7, 11) is 0. The Labute approximate surface area is 132 Å². The molecule has 2 atom stereocenters. The number of nitrogens with one attached hydrogen (secondary N) is 1. The maximum Gasteiger partial charge on any atom is 0.326 e. The van der Waals surface area contributed by atoms with E-state index in [4.69, 9.17) is 5.73 Å². The second-order valence-corrected chi connectivity index (χ2v) is 5.12. The largest absolute Gasteiger partial charge is 0.480 e. The number of amides is 1. The molecule has 2 aromatic rings. The molecule has 0 fully saturated rings. The summed E-state index contributed by atoms with van der Waals surface area (Å²) >= 11 is 0. The predicted molar refractivity (Wildman–Crippen MR) is 83.0 cm³/mol. The van der Waals surface area contributed by atoms with Crippen molar-refractivity contribution < 1.29 is 19.1 Å². The highest BCUT2D eigenvalue weighted by Gasteiger charge is 2.24. The summed E-state index contributed by atoms with van der Waals surface area (Å²) in [6.45, 7) is 0. The van der Waals surface area contributed by atoms with Gasteiger partial charge in [-0.25, -0.2) is 9.18 Å². The summed E-state index contributed by atoms with van der Waals surface area (Å²) in [5.41, 5.74) is 7.04. The van der Waals surface area contributed by atoms with E-state index in [9.17, 15) is 19.1 Å². The lowest BCUT2D eigenvalue weighted by molar-refractivity contribution is -0.142. The molecule has 1 amide bonds. The molecule has 0 saturated heterocycles. The number of benzene rings is 2. The van der Waals surface area contributed by atoms with Crippen LogP contribution >= 0.6 is 0 Å². The van der Waals surface area contributed by atoms with Gasteiger partial charge in [-0.1, -0.05) is 42.5 Å². The van der Waals surface area contributed by atoms with Crippen LogP contribution in [0.4, 0.5) is 4.39 Å². The lowest BCUT2D eigenvalue weighted by Gasteiger charge is -2.18. The third-order valence-corrected chi connectivity index (χ3v) is 3.41. The standard InChI is InChI=1S/C17H17FN2O3/c18-13-8-6-11(7-9-13)10-14(17(22)23)20-16(21)15(19)12-4-2-1-3-5-12/h1-9,14-15H,10,19H2,(H,20,21)(H,22,23)/t14?,15-/m0/s1. The quantitative estimate of drug-likeness (QED) is 0.755. The number of halogens is 1. The Balaban J connectivity index is 2.05. The molecule has 120 valence electrons. The molecule has 0 aliphatic carbocycles. The second kappa shape index (κ2) is 7.51. The molecule has 5 nitrogen and oxygen atoms in total. The minimum Gasteiger partial charge on any atom is -0.480 e. The molecule has 0 radical (unpaired) electrons. The molecule has 4 N–H and O–H groups in total. The Morgan fingerprint density at radius 1 is 1.09 bits per heavy atom. The molecule has 0 saturated carbocycles. The lowest BCUT2D eigenvalue weighted by Crippen LogP contribution is -2.46. The topological polar surface area (TPSA) is 92.4 Å². The van der Waals surface area contributed by atoms with Gasteiger partial charge in [-0.2, -0.15) is 0 Å². The van der Waals surface area contributed by atoms with Crippen molar-refractivity contribution in [3.63, 3.8) is 0 Å². The fourth-order valence-corrected chi connectivity index (χ4v) is 2.13. The first-order valence-electron chi connectivity index (χ1n) is 7.05. The monoisotopic (exact) mass is 316 g/mol. The van der Waals surface area contributed by atoms with Gasteiger partial charge in [-0.15, -0.1) is 0 Å². The second-order valence-electron chi connectivity index (χ2n) is 5.12. The van der Waals surface area contributed by atoms with Crippen molar-refractivity contribution in [3.8, 4) is 0 Å². The predicted octanol–water partition coefficient (Wildman–Crippen LogP) is 1.64. The Morgan fingerprint density at radius 2 is 1.70 bits per heavy atom. The summed E-state index contributed by atoms with van der Waals surface area (Å²) in [6, 6.07) is 12.0. The summed E-state index contributed by atoms with van der Waals surface area (Å²) in [6.07, 6.45) is 0.0445. The molecule has 0 bridgehead atoms. The molecule has 23 heavy (non-hydrogen) atoms. The molecule has 6 heteroatoms. The van der Waals surface area contributed by atoms with Crippen molar-refractivity contribution in [1.29, 1.82) is 0 Å². The zero-order chi connectivity index (χ0) is 16.8. The number of rotatable bonds is 6. The van der Waals surface area contributed by atoms with E-state index in [-0.39, 0.29) is 6.42 Å². The fourth-order valence-electron chi connectivity index (χ4n) is 2.13. The van der Waals surface area contributed by atoms with Crippen LogP contribution in [0.3, 0.4) is 0 Å². The van der Waals surface area contributed by atoms with Crippen molar-refractivity contribution in [2.45, 2.75) is 18.5 Å². The van der Waals surface area contributed by atoms with Crippen LogP contribution in [-0.2, 0) is 16.0 Å². The number of nitrogens with two attached hydrogens (primary N) is 1. The zero-order valence-corrected chi connectivity index (χ0v) is 12.3. The molecular formula is C17H17FN2O3. The molecule has 0 spiro atoms. The molecule has 0 aromatic heterocycles. The number of carbonyl (C=O) groups excluding carboxylic acids is 1. The van der Waals surface area contributed by atoms with Crippen LogP contribution in [0.1, 0.15) is 17.2 Å². The van der Waals surface area contributed by atoms with Crippen molar-refractivity contribution in [1.82, 2.24) is 5.32 Å². The average molecular weight is 316 g/mol. The first-order chi connectivity index (χ1) is 11.0. The Kier molecular flexibility index (Phi) is 5.43. The van der Waals surface area contributed by atoms with Gasteiger partial charge in [0.05, 0.1) is 0 Å². The summed E-state index contributed by atoms with van der Waals surface area (Å²) in [4.78, 5) is 23.5. The van der Waals surface area contributed by atoms with E-state index >= 15 is 0 Å². The zero-order valence-electron chi connectivity index (χ0n) is 12.3. The van der Waals surface area contributed by atoms with E-state index in [1.54, 1.807) is 30.3 Å². The van der Waals surface area contributed by atoms with Gasteiger partial charge in [-0.3, -0.25) is 4.79 Å². The highest BCUT2D eigenvalue weighted by atomic mass is 19.1. The normalized spacial score (nSPS) is 13.1. The van der Waals surface area contributed by atoms with E-state index in [0.717, 1.165) is 0 Å². The highest BCUT2D eigenvalue weighted by Crippen LogP contribution is 2.11. The van der Waals surface area contributed by atoms with Gasteiger partial charge >= 0.3 is 5.97 Å². The van der Waals surface area contributed by atoms with E-state index in [1.165, 1.54) is 24.3 Å². The molecule has 2 rings (SSSR count). The van der Waals surface area contributed by atoms with Gasteiger partial charge < -0.3 is 16.2 Å². The smallest absolute Gasteiger partial charge is 0.326 e. The summed E-state index contributed by atoms with van der Waals surface area (Å²) < 4.78 is 12.9. The van der Waals surface area contributed by atoms with Gasteiger partial charge in [0.1, 0.15) is 17.9 Å². The lowest BCUT2D eigenvalue weighted by atomic mass is 10.0. The SMILES string of the molecule is N[C@H](C(=O)NC(Cc1ccc(F)cc1)C(=O)O)c1ccccc1. The first kappa shape index (κ1) is 16.6. The van der Waals surface area contributed by atoms with Crippen LogP contribution in [-0.4, -0.2) is 23.0 Å². The molecule has 0 aliphatic heterocycles. The van der Waals surface area contributed by atoms with Crippen molar-refractivity contribution in [3.05, 3.63) is 71.5 Å². The van der Waals surface area contributed by atoms with Gasteiger partial charge in [0.15, 0.2) is 0 Å². The van der Waals surface area contributed by atoms with Gasteiger partial charge in [0.25, 0.3) is 0 Å². The van der Waals surface area contributed by atoms with Crippen LogP contribution in [0.5, 0.6) is 0 Å². The molecule has 1 unspecified atom stereocenters. The van der Waals surface area contributed by atoms with Crippen LogP contribution in [0, 0.1) is 5.82 Å². The van der Waals surface area contributed by atoms with Crippen LogP contribution in [0.25, 0.3) is 0 Å². The third kappa shape index (κ3) is 4.62. The van der Waals surface area contributed by atoms with E-state index in [2.05, 4.69) is 5.32 Å². The number of aliphatic carboxylic acids is 1. The van der Waals surface area contributed by atoms with Crippen molar-refractivity contribution >= 4 is 11.9 Å². The van der Waals surface area contributed by atoms with Crippen molar-refractivity contribution in [2.75, 3.05) is 0 Å². The average Bonchev–Trinajstić information content (AvgIpc) is 2.56. The number of carbonyl (C=O) groups is 2. The minimum absolute atomic E-state index is 0.0445. The van der Waals surface area contributed by atoms with Crippen LogP contribution < -0.4 is 11.1 Å². The van der Waals surface area contributed by atoms with E-state index in [1.807, 2.05) is 0 Å². The number of hydrogen-bond acceptors (Lipinski definition) is 3. The fraction of sp³-hybridized carbons (Fsp3) is 0.176. The maximum atomic E-state index is 12.9. The van der Waals surface area contributed by atoms with Gasteiger partial charge in [0.2, 0.25) is 5.91 Å². The number of hydrogen-bond donors (Lipinski definition) is 3. The maximum absolute atomic E-state index is 12.9. The summed E-state index contributed by atoms with van der Waals surface area (Å²) in [5.74, 6) is -2.16. The summed E-state index contributed by atoms with van der Waals surface area (Å²) in [5, 5.41) is 11.7. The van der Waals surface area contributed by atoms with E-state index < -0.39 is 29.8 Å². The molecule has 2 aromatic carbocycles. The number of carboxylic acids is 1. The van der Waals surface area contributed by atoms with Crippen molar-refractivity contribution in [2.24, 2.45) is 5.73 Å². The number of carboxylic acid groups (broad SMARTS) is 1.